The molecule has 0 unspecified atom stereocenters. The second-order valence-corrected chi connectivity index (χ2v) is 16.1. The van der Waals surface area contributed by atoms with Gasteiger partial charge in [0.05, 0.1) is 36.2 Å². The molecule has 10 rings (SSSR count). The lowest BCUT2D eigenvalue weighted by Gasteiger charge is -2.46. The first-order chi connectivity index (χ1) is 28.7. The number of rotatable bonds is 7. The summed E-state index contributed by atoms with van der Waals surface area (Å²) in [6, 6.07) is 24.7. The number of carbonyl (C=O) groups is 2. The van der Waals surface area contributed by atoms with E-state index in [1.165, 1.54) is 5.56 Å². The highest BCUT2D eigenvalue weighted by molar-refractivity contribution is 6.13. The van der Waals surface area contributed by atoms with E-state index in [4.69, 9.17) is 19.2 Å². The summed E-state index contributed by atoms with van der Waals surface area (Å²) in [4.78, 5) is 43.6. The van der Waals surface area contributed by atoms with Gasteiger partial charge in [-0.3, -0.25) is 24.3 Å². The molecule has 59 heavy (non-hydrogen) atoms. The van der Waals surface area contributed by atoms with Crippen LogP contribution in [0.15, 0.2) is 91.3 Å². The Labute approximate surface area is 342 Å². The number of benzene rings is 3. The Bertz CT molecular complexity index is 2600. The Balaban J connectivity index is 1.03. The van der Waals surface area contributed by atoms with Crippen LogP contribution in [0.4, 0.5) is 11.4 Å². The number of morpholine rings is 1. The van der Waals surface area contributed by atoms with Crippen molar-refractivity contribution >= 4 is 34.2 Å². The van der Waals surface area contributed by atoms with Crippen LogP contribution < -0.4 is 14.4 Å². The highest BCUT2D eigenvalue weighted by Crippen LogP contribution is 2.42. The molecule has 2 fully saturated rings. The summed E-state index contributed by atoms with van der Waals surface area (Å²) in [7, 11) is 3.84. The standard InChI is InChI=1S/C46H47N7O6/c1-29-38(46(56)53(33-8-10-37(54)11-9-33)34-19-31-12-13-48(2)44(31)47-23-34)20-41(49(29)3)39-21-42-43(59-28-58-42)22-40(39)45(55)52-24-32-7-5-4-6-30(32)18-35(52)25-50-14-15-51-16-17-57-27-36(51)26-50/h4-13,19-23,35-36,54H,14-18,24-28H2,1-3H3/t35-,36+/m0/s1. The molecule has 1 N–H and O–H groups in total. The Morgan fingerprint density at radius 3 is 2.53 bits per heavy atom. The average Bonchev–Trinajstić information content (AvgIpc) is 3.96. The predicted molar refractivity (Wildman–Crippen MR) is 223 cm³/mol. The molecule has 0 bridgehead atoms. The second-order valence-electron chi connectivity index (χ2n) is 16.1. The minimum atomic E-state index is -0.281. The monoisotopic (exact) mass is 793 g/mol. The van der Waals surface area contributed by atoms with Gasteiger partial charge in [-0.05, 0) is 79.1 Å². The van der Waals surface area contributed by atoms with E-state index in [9.17, 15) is 9.90 Å². The van der Waals surface area contributed by atoms with Gasteiger partial charge in [0, 0.05) is 99.7 Å². The van der Waals surface area contributed by atoms with Crippen molar-refractivity contribution in [2.75, 3.05) is 57.6 Å². The van der Waals surface area contributed by atoms with Crippen LogP contribution in [0.5, 0.6) is 17.2 Å². The summed E-state index contributed by atoms with van der Waals surface area (Å²) < 4.78 is 21.5. The lowest BCUT2D eigenvalue weighted by atomic mass is 9.91. The minimum Gasteiger partial charge on any atom is -0.508 e. The van der Waals surface area contributed by atoms with E-state index in [1.54, 1.807) is 35.4 Å². The second kappa shape index (κ2) is 14.9. The minimum absolute atomic E-state index is 0.0558. The molecule has 2 saturated heterocycles. The van der Waals surface area contributed by atoms with Crippen LogP contribution in [0.3, 0.4) is 0 Å². The third-order valence-electron chi connectivity index (χ3n) is 12.7. The van der Waals surface area contributed by atoms with Gasteiger partial charge in [0.25, 0.3) is 11.8 Å². The van der Waals surface area contributed by atoms with E-state index < -0.39 is 0 Å². The maximum Gasteiger partial charge on any atom is 0.264 e. The average molecular weight is 794 g/mol. The molecular formula is C46H47N7O6. The number of anilines is 2. The zero-order valence-corrected chi connectivity index (χ0v) is 33.5. The number of nitrogens with zero attached hydrogens (tertiary/aromatic N) is 7. The third-order valence-corrected chi connectivity index (χ3v) is 12.7. The lowest BCUT2D eigenvalue weighted by Crippen LogP contribution is -2.60. The summed E-state index contributed by atoms with van der Waals surface area (Å²) >= 11 is 0. The number of amides is 2. The summed E-state index contributed by atoms with van der Waals surface area (Å²) in [5.41, 5.74) is 7.36. The van der Waals surface area contributed by atoms with Crippen molar-refractivity contribution in [2.24, 2.45) is 14.1 Å². The van der Waals surface area contributed by atoms with Crippen molar-refractivity contribution in [3.05, 3.63) is 119 Å². The topological polar surface area (TPSA) is 118 Å². The molecule has 0 radical (unpaired) electrons. The van der Waals surface area contributed by atoms with Crippen molar-refractivity contribution < 1.29 is 28.9 Å². The zero-order chi connectivity index (χ0) is 40.4. The van der Waals surface area contributed by atoms with E-state index in [-0.39, 0.29) is 30.4 Å². The van der Waals surface area contributed by atoms with Crippen molar-refractivity contribution in [3.63, 3.8) is 0 Å². The van der Waals surface area contributed by atoms with Crippen molar-refractivity contribution in [3.8, 4) is 28.5 Å². The quantitative estimate of drug-likeness (QED) is 0.212. The van der Waals surface area contributed by atoms with Gasteiger partial charge in [-0.25, -0.2) is 4.98 Å². The van der Waals surface area contributed by atoms with Crippen LogP contribution in [-0.4, -0.2) is 111 Å². The zero-order valence-electron chi connectivity index (χ0n) is 33.5. The molecule has 0 spiro atoms. The van der Waals surface area contributed by atoms with Crippen LogP contribution in [0.1, 0.15) is 37.5 Å². The molecule has 2 amide bonds. The molecular weight excluding hydrogens is 747 g/mol. The van der Waals surface area contributed by atoms with Gasteiger partial charge >= 0.3 is 0 Å². The normalized spacial score (nSPS) is 19.1. The van der Waals surface area contributed by atoms with E-state index in [2.05, 4.69) is 28.0 Å². The first-order valence-corrected chi connectivity index (χ1v) is 20.3. The van der Waals surface area contributed by atoms with Gasteiger partial charge in [-0.15, -0.1) is 0 Å². The number of fused-ring (bicyclic) bond motifs is 4. The molecule has 4 aliphatic rings. The van der Waals surface area contributed by atoms with Crippen molar-refractivity contribution in [1.82, 2.24) is 28.8 Å². The molecule has 13 nitrogen and oxygen atoms in total. The van der Waals surface area contributed by atoms with E-state index >= 15 is 4.79 Å². The highest BCUT2D eigenvalue weighted by Gasteiger charge is 2.37. The number of hydrogen-bond acceptors (Lipinski definition) is 9. The van der Waals surface area contributed by atoms with Gasteiger partial charge in [0.15, 0.2) is 11.5 Å². The molecule has 0 saturated carbocycles. The van der Waals surface area contributed by atoms with E-state index in [0.29, 0.717) is 63.5 Å². The SMILES string of the molecule is Cc1c(C(=O)N(c2ccc(O)cc2)c2cnc3c(ccn3C)c2)cc(-c2cc3c(cc2C(=O)N2Cc4ccccc4C[C@H]2CN2CCN4CCOC[C@H]4C2)OCO3)n1C. The third kappa shape index (κ3) is 6.68. The molecule has 7 heterocycles. The predicted octanol–water partition coefficient (Wildman–Crippen LogP) is 5.88. The molecule has 4 aliphatic heterocycles. The van der Waals surface area contributed by atoms with Crippen LogP contribution >= 0.6 is 0 Å². The molecule has 2 atom stereocenters. The largest absolute Gasteiger partial charge is 0.508 e. The summed E-state index contributed by atoms with van der Waals surface area (Å²) in [6.45, 7) is 8.53. The maximum absolute atomic E-state index is 15.3. The smallest absolute Gasteiger partial charge is 0.264 e. The van der Waals surface area contributed by atoms with Crippen LogP contribution in [-0.2, 0) is 31.8 Å². The van der Waals surface area contributed by atoms with Crippen molar-refractivity contribution in [2.45, 2.75) is 32.0 Å². The number of aromatic hydroxyl groups is 1. The van der Waals surface area contributed by atoms with Crippen LogP contribution in [0, 0.1) is 6.92 Å². The van der Waals surface area contributed by atoms with Gasteiger partial charge in [0.1, 0.15) is 11.4 Å². The molecule has 3 aromatic carbocycles. The number of aryl methyl sites for hydroxylation is 1. The fourth-order valence-electron chi connectivity index (χ4n) is 9.29. The van der Waals surface area contributed by atoms with E-state index in [1.807, 2.05) is 77.6 Å². The molecule has 3 aromatic heterocycles. The highest BCUT2D eigenvalue weighted by atomic mass is 16.7. The van der Waals surface area contributed by atoms with Crippen molar-refractivity contribution in [1.29, 1.82) is 0 Å². The molecule has 6 aromatic rings. The van der Waals surface area contributed by atoms with Gasteiger partial charge < -0.3 is 33.4 Å². The number of phenols is 1. The number of phenolic OH excluding ortho intramolecular Hbond substituents is 1. The summed E-state index contributed by atoms with van der Waals surface area (Å²) in [5.74, 6) is 0.777. The molecule has 13 heteroatoms. The Kier molecular flexibility index (Phi) is 9.38. The van der Waals surface area contributed by atoms with Crippen LogP contribution in [0.2, 0.25) is 0 Å². The summed E-state index contributed by atoms with van der Waals surface area (Å²) in [6.07, 6.45) is 4.38. The number of aromatic nitrogens is 3. The Hall–Kier alpha value is -6.15. The summed E-state index contributed by atoms with van der Waals surface area (Å²) in [5, 5.41) is 11.0. The Morgan fingerprint density at radius 1 is 0.898 bits per heavy atom. The van der Waals surface area contributed by atoms with Gasteiger partial charge in [-0.1, -0.05) is 24.3 Å². The lowest BCUT2D eigenvalue weighted by molar-refractivity contribution is -0.0485. The number of hydrogen-bond donors (Lipinski definition) is 1. The maximum atomic E-state index is 15.3. The number of piperazine rings is 1. The first kappa shape index (κ1) is 37.1. The number of carbonyl (C=O) groups excluding carboxylic acids is 2. The van der Waals surface area contributed by atoms with Gasteiger partial charge in [-0.2, -0.15) is 0 Å². The first-order valence-electron chi connectivity index (χ1n) is 20.3. The van der Waals surface area contributed by atoms with E-state index in [0.717, 1.165) is 69.0 Å². The fraction of sp³-hybridized carbons (Fsp3) is 0.326. The fourth-order valence-corrected chi connectivity index (χ4v) is 9.29. The molecule has 0 aliphatic carbocycles. The van der Waals surface area contributed by atoms with Crippen LogP contribution in [0.25, 0.3) is 22.3 Å². The number of pyridine rings is 1. The Morgan fingerprint density at radius 2 is 1.69 bits per heavy atom. The number of ether oxygens (including phenoxy) is 3. The van der Waals surface area contributed by atoms with Gasteiger partial charge in [0.2, 0.25) is 6.79 Å². The molecule has 302 valence electrons.